The third kappa shape index (κ3) is 3.30. The number of carbonyl (C=O) groups is 1. The molecule has 5 heteroatoms. The van der Waals surface area contributed by atoms with Crippen molar-refractivity contribution in [2.45, 2.75) is 29.8 Å². The standard InChI is InChI=1S/C20H21N3OS/c21-16(11-13-12-22-17-7-3-1-5-14(13)17)20(24)23-18-9-10-25-19-8-4-2-6-15(18)19/h1-8,12,16,18,22H,9-11,21H2,(H,23,24)/t16-,18?/m0/s1. The van der Waals surface area contributed by atoms with Gasteiger partial charge >= 0.3 is 0 Å². The smallest absolute Gasteiger partial charge is 0.237 e. The van der Waals surface area contributed by atoms with E-state index in [1.54, 1.807) is 0 Å². The highest BCUT2D eigenvalue weighted by Crippen LogP contribution is 2.35. The third-order valence-corrected chi connectivity index (χ3v) is 5.85. The Morgan fingerprint density at radius 3 is 2.96 bits per heavy atom. The molecule has 1 aromatic heterocycles. The maximum Gasteiger partial charge on any atom is 0.237 e. The minimum Gasteiger partial charge on any atom is -0.361 e. The van der Waals surface area contributed by atoms with E-state index in [0.717, 1.165) is 28.6 Å². The van der Waals surface area contributed by atoms with Crippen molar-refractivity contribution in [3.05, 3.63) is 65.9 Å². The molecule has 0 aliphatic carbocycles. The largest absolute Gasteiger partial charge is 0.361 e. The molecule has 2 aromatic carbocycles. The number of rotatable bonds is 4. The van der Waals surface area contributed by atoms with E-state index >= 15 is 0 Å². The molecule has 1 unspecified atom stereocenters. The minimum atomic E-state index is -0.555. The van der Waals surface area contributed by atoms with Crippen LogP contribution in [0.15, 0.2) is 59.6 Å². The summed E-state index contributed by atoms with van der Waals surface area (Å²) in [7, 11) is 0. The normalized spacial score (nSPS) is 17.9. The van der Waals surface area contributed by atoms with Gasteiger partial charge in [-0.3, -0.25) is 4.79 Å². The molecule has 2 atom stereocenters. The second-order valence-corrected chi connectivity index (χ2v) is 7.54. The Hall–Kier alpha value is -2.24. The molecule has 0 saturated heterocycles. The molecule has 1 amide bonds. The number of aromatic nitrogens is 1. The van der Waals surface area contributed by atoms with E-state index in [0.29, 0.717) is 6.42 Å². The van der Waals surface area contributed by atoms with E-state index in [1.165, 1.54) is 10.5 Å². The number of carbonyl (C=O) groups excluding carboxylic acids is 1. The number of hydrogen-bond donors (Lipinski definition) is 3. The number of hydrogen-bond acceptors (Lipinski definition) is 3. The second kappa shape index (κ2) is 6.94. The lowest BCUT2D eigenvalue weighted by molar-refractivity contribution is -0.123. The monoisotopic (exact) mass is 351 g/mol. The Kier molecular flexibility index (Phi) is 4.51. The molecular formula is C20H21N3OS. The maximum absolute atomic E-state index is 12.6. The van der Waals surface area contributed by atoms with Crippen LogP contribution < -0.4 is 11.1 Å². The summed E-state index contributed by atoms with van der Waals surface area (Å²) >= 11 is 1.85. The molecule has 4 nitrogen and oxygen atoms in total. The Labute approximate surface area is 151 Å². The number of fused-ring (bicyclic) bond motifs is 2. The van der Waals surface area contributed by atoms with E-state index in [2.05, 4.69) is 28.5 Å². The second-order valence-electron chi connectivity index (χ2n) is 6.41. The number of nitrogens with one attached hydrogen (secondary N) is 2. The number of H-pyrrole nitrogens is 1. The number of thioether (sulfide) groups is 1. The Morgan fingerprint density at radius 1 is 1.24 bits per heavy atom. The highest BCUT2D eigenvalue weighted by molar-refractivity contribution is 7.99. The molecule has 0 bridgehead atoms. The van der Waals surface area contributed by atoms with Crippen LogP contribution in [0.2, 0.25) is 0 Å². The van der Waals surface area contributed by atoms with Gasteiger partial charge in [-0.2, -0.15) is 0 Å². The number of amides is 1. The van der Waals surface area contributed by atoms with E-state index in [-0.39, 0.29) is 11.9 Å². The van der Waals surface area contributed by atoms with Crippen molar-refractivity contribution in [3.63, 3.8) is 0 Å². The molecule has 4 N–H and O–H groups in total. The molecule has 2 heterocycles. The van der Waals surface area contributed by atoms with Gasteiger partial charge in [-0.25, -0.2) is 0 Å². The molecular weight excluding hydrogens is 330 g/mol. The molecule has 0 radical (unpaired) electrons. The lowest BCUT2D eigenvalue weighted by atomic mass is 10.0. The zero-order valence-electron chi connectivity index (χ0n) is 13.9. The Morgan fingerprint density at radius 2 is 2.04 bits per heavy atom. The van der Waals surface area contributed by atoms with Crippen LogP contribution in [-0.2, 0) is 11.2 Å². The molecule has 0 fully saturated rings. The number of para-hydroxylation sites is 1. The van der Waals surface area contributed by atoms with E-state index in [4.69, 9.17) is 5.73 Å². The summed E-state index contributed by atoms with van der Waals surface area (Å²) in [5.41, 5.74) is 9.56. The van der Waals surface area contributed by atoms with Gasteiger partial charge < -0.3 is 16.0 Å². The van der Waals surface area contributed by atoms with Gasteiger partial charge in [0.05, 0.1) is 12.1 Å². The van der Waals surface area contributed by atoms with Crippen molar-refractivity contribution in [1.82, 2.24) is 10.3 Å². The van der Waals surface area contributed by atoms with Crippen molar-refractivity contribution < 1.29 is 4.79 Å². The average molecular weight is 351 g/mol. The van der Waals surface area contributed by atoms with Crippen molar-refractivity contribution in [1.29, 1.82) is 0 Å². The van der Waals surface area contributed by atoms with Gasteiger partial charge in [0, 0.05) is 27.7 Å². The third-order valence-electron chi connectivity index (χ3n) is 4.73. The number of aromatic amines is 1. The molecule has 25 heavy (non-hydrogen) atoms. The highest BCUT2D eigenvalue weighted by atomic mass is 32.2. The predicted octanol–water partition coefficient (Wildman–Crippen LogP) is 3.39. The zero-order chi connectivity index (χ0) is 17.2. The van der Waals surface area contributed by atoms with Gasteiger partial charge in [-0.05, 0) is 36.1 Å². The van der Waals surface area contributed by atoms with Crippen molar-refractivity contribution >= 4 is 28.6 Å². The molecule has 1 aliphatic heterocycles. The van der Waals surface area contributed by atoms with Crippen LogP contribution >= 0.6 is 11.8 Å². The van der Waals surface area contributed by atoms with Gasteiger partial charge in [0.25, 0.3) is 0 Å². The van der Waals surface area contributed by atoms with Gasteiger partial charge in [-0.15, -0.1) is 11.8 Å². The Balaban J connectivity index is 1.46. The lowest BCUT2D eigenvalue weighted by Gasteiger charge is -2.27. The number of nitrogens with two attached hydrogens (primary N) is 1. The fraction of sp³-hybridized carbons (Fsp3) is 0.250. The van der Waals surface area contributed by atoms with Crippen LogP contribution in [0.3, 0.4) is 0 Å². The zero-order valence-corrected chi connectivity index (χ0v) is 14.7. The summed E-state index contributed by atoms with van der Waals surface area (Å²) in [5.74, 6) is 0.927. The first-order valence-corrected chi connectivity index (χ1v) is 9.53. The minimum absolute atomic E-state index is 0.0546. The summed E-state index contributed by atoms with van der Waals surface area (Å²) in [6, 6.07) is 15.9. The maximum atomic E-state index is 12.6. The molecule has 4 rings (SSSR count). The van der Waals surface area contributed by atoms with E-state index < -0.39 is 6.04 Å². The molecule has 3 aromatic rings. The first-order valence-electron chi connectivity index (χ1n) is 8.55. The average Bonchev–Trinajstić information content (AvgIpc) is 3.05. The van der Waals surface area contributed by atoms with Gasteiger partial charge in [0.15, 0.2) is 0 Å². The van der Waals surface area contributed by atoms with Gasteiger partial charge in [0.2, 0.25) is 5.91 Å². The Bertz CT molecular complexity index is 905. The van der Waals surface area contributed by atoms with Crippen molar-refractivity contribution in [2.75, 3.05) is 5.75 Å². The summed E-state index contributed by atoms with van der Waals surface area (Å²) < 4.78 is 0. The number of benzene rings is 2. The molecule has 128 valence electrons. The van der Waals surface area contributed by atoms with Crippen LogP contribution in [-0.4, -0.2) is 22.7 Å². The lowest BCUT2D eigenvalue weighted by Crippen LogP contribution is -2.44. The van der Waals surface area contributed by atoms with Gasteiger partial charge in [-0.1, -0.05) is 36.4 Å². The van der Waals surface area contributed by atoms with E-state index in [1.807, 2.05) is 48.3 Å². The van der Waals surface area contributed by atoms with Crippen LogP contribution in [0, 0.1) is 0 Å². The van der Waals surface area contributed by atoms with Crippen molar-refractivity contribution in [3.8, 4) is 0 Å². The first-order chi connectivity index (χ1) is 12.2. The summed E-state index contributed by atoms with van der Waals surface area (Å²) in [6.45, 7) is 0. The molecule has 0 saturated carbocycles. The van der Waals surface area contributed by atoms with Crippen LogP contribution in [0.4, 0.5) is 0 Å². The molecule has 1 aliphatic rings. The van der Waals surface area contributed by atoms with Crippen LogP contribution in [0.5, 0.6) is 0 Å². The highest BCUT2D eigenvalue weighted by Gasteiger charge is 2.24. The summed E-state index contributed by atoms with van der Waals surface area (Å²) in [5, 5.41) is 4.28. The van der Waals surface area contributed by atoms with Crippen molar-refractivity contribution in [2.24, 2.45) is 5.73 Å². The quantitative estimate of drug-likeness (QED) is 0.675. The fourth-order valence-electron chi connectivity index (χ4n) is 3.40. The summed E-state index contributed by atoms with van der Waals surface area (Å²) in [6.07, 6.45) is 3.41. The van der Waals surface area contributed by atoms with Crippen LogP contribution in [0.25, 0.3) is 10.9 Å². The first kappa shape index (κ1) is 16.2. The topological polar surface area (TPSA) is 70.9 Å². The summed E-state index contributed by atoms with van der Waals surface area (Å²) in [4.78, 5) is 17.1. The van der Waals surface area contributed by atoms with E-state index in [9.17, 15) is 4.79 Å². The SMILES string of the molecule is N[C@@H](Cc1c[nH]c2ccccc12)C(=O)NC1CCSc2ccccc21. The van der Waals surface area contributed by atoms with Gasteiger partial charge in [0.1, 0.15) is 0 Å². The van der Waals surface area contributed by atoms with Crippen LogP contribution in [0.1, 0.15) is 23.6 Å². The fourth-order valence-corrected chi connectivity index (χ4v) is 4.53. The predicted molar refractivity (Wildman–Crippen MR) is 103 cm³/mol. The molecule has 0 spiro atoms.